The van der Waals surface area contributed by atoms with E-state index in [1.54, 1.807) is 32.9 Å². The second kappa shape index (κ2) is 9.10. The molecule has 0 aromatic heterocycles. The number of allylic oxidation sites excluding steroid dienone is 11. The second-order valence-electron chi connectivity index (χ2n) is 5.97. The minimum atomic E-state index is -5.55. The Morgan fingerprint density at radius 1 is 0.654 bits per heavy atom. The van der Waals surface area contributed by atoms with Crippen molar-refractivity contribution in [3.63, 3.8) is 0 Å². The standard InChI is InChI=1S/C20H24F6/c1-7-9-15(4)17(6)11-13-18(19(21,22)23,20(24,25)26)12-10-16(5)14(3)8-2/h7-13H,2H2,1,3-6H3/b9-7-,12-10+,13-11+,16-14-,17-15-. The molecule has 6 heteroatoms. The lowest BCUT2D eigenvalue weighted by molar-refractivity contribution is -0.302. The first-order valence-electron chi connectivity index (χ1n) is 7.85. The maximum atomic E-state index is 13.5. The van der Waals surface area contributed by atoms with E-state index in [1.165, 1.54) is 19.9 Å². The predicted octanol–water partition coefficient (Wildman–Crippen LogP) is 7.64. The summed E-state index contributed by atoms with van der Waals surface area (Å²) in [6.45, 7) is 11.2. The van der Waals surface area contributed by atoms with Crippen molar-refractivity contribution in [3.8, 4) is 0 Å². The Balaban J connectivity index is 6.51. The Morgan fingerprint density at radius 2 is 1.00 bits per heavy atom. The molecular weight excluding hydrogens is 354 g/mol. The van der Waals surface area contributed by atoms with Crippen LogP contribution in [0.3, 0.4) is 0 Å². The van der Waals surface area contributed by atoms with Gasteiger partial charge in [-0.1, -0.05) is 49.1 Å². The predicted molar refractivity (Wildman–Crippen MR) is 94.6 cm³/mol. The molecule has 0 aliphatic rings. The highest BCUT2D eigenvalue weighted by molar-refractivity contribution is 5.36. The van der Waals surface area contributed by atoms with Crippen LogP contribution in [0.5, 0.6) is 0 Å². The topological polar surface area (TPSA) is 0 Å². The highest BCUT2D eigenvalue weighted by Crippen LogP contribution is 2.53. The summed E-state index contributed by atoms with van der Waals surface area (Å²) in [6.07, 6.45) is -4.44. The average molecular weight is 378 g/mol. The van der Waals surface area contributed by atoms with Gasteiger partial charge < -0.3 is 0 Å². The van der Waals surface area contributed by atoms with Gasteiger partial charge in [0.15, 0.2) is 5.41 Å². The summed E-state index contributed by atoms with van der Waals surface area (Å²) in [4.78, 5) is 0. The van der Waals surface area contributed by atoms with Gasteiger partial charge in [-0.15, -0.1) is 0 Å². The van der Waals surface area contributed by atoms with Gasteiger partial charge in [0.1, 0.15) is 0 Å². The third-order valence-corrected chi connectivity index (χ3v) is 4.10. The van der Waals surface area contributed by atoms with Crippen molar-refractivity contribution in [3.05, 3.63) is 71.4 Å². The summed E-state index contributed by atoms with van der Waals surface area (Å²) in [7, 11) is 0. The Labute approximate surface area is 151 Å². The van der Waals surface area contributed by atoms with E-state index in [2.05, 4.69) is 6.58 Å². The molecule has 0 aliphatic carbocycles. The van der Waals surface area contributed by atoms with Gasteiger partial charge >= 0.3 is 12.4 Å². The van der Waals surface area contributed by atoms with Crippen LogP contribution in [0.2, 0.25) is 0 Å². The lowest BCUT2D eigenvalue weighted by atomic mass is 9.83. The molecule has 0 atom stereocenters. The van der Waals surface area contributed by atoms with Gasteiger partial charge in [0.2, 0.25) is 0 Å². The molecule has 0 aromatic rings. The summed E-state index contributed by atoms with van der Waals surface area (Å²) in [5.74, 6) is 0. The molecule has 0 heterocycles. The first-order valence-corrected chi connectivity index (χ1v) is 7.85. The number of hydrogen-bond acceptors (Lipinski definition) is 0. The van der Waals surface area contributed by atoms with E-state index in [-0.39, 0.29) is 17.7 Å². The Bertz CT molecular complexity index is 635. The molecule has 0 amide bonds. The molecule has 0 spiro atoms. The first-order chi connectivity index (χ1) is 11.7. The van der Waals surface area contributed by atoms with Crippen molar-refractivity contribution in [2.45, 2.75) is 47.0 Å². The molecule has 0 fully saturated rings. The lowest BCUT2D eigenvalue weighted by Crippen LogP contribution is -2.47. The van der Waals surface area contributed by atoms with Crippen LogP contribution in [0, 0.1) is 5.41 Å². The molecule has 26 heavy (non-hydrogen) atoms. The first kappa shape index (κ1) is 24.0. The molecule has 0 radical (unpaired) electrons. The van der Waals surface area contributed by atoms with E-state index in [9.17, 15) is 26.3 Å². The van der Waals surface area contributed by atoms with Crippen molar-refractivity contribution in [2.75, 3.05) is 0 Å². The highest BCUT2D eigenvalue weighted by Gasteiger charge is 2.67. The van der Waals surface area contributed by atoms with Gasteiger partial charge in [0.25, 0.3) is 0 Å². The van der Waals surface area contributed by atoms with Gasteiger partial charge in [0, 0.05) is 0 Å². The van der Waals surface area contributed by atoms with Crippen molar-refractivity contribution < 1.29 is 26.3 Å². The minimum Gasteiger partial charge on any atom is -0.169 e. The third kappa shape index (κ3) is 5.78. The molecule has 0 unspecified atom stereocenters. The van der Waals surface area contributed by atoms with E-state index in [4.69, 9.17) is 0 Å². The molecule has 0 aromatic carbocycles. The molecule has 146 valence electrons. The van der Waals surface area contributed by atoms with Crippen LogP contribution in [0.4, 0.5) is 26.3 Å². The SMILES string of the molecule is C=C/C(C)=C(C)\C=C\C(/C=C/C(C)=C(C)\C=C/C)(C(F)(F)F)C(F)(F)F. The minimum absolute atomic E-state index is 0.157. The Kier molecular flexibility index (Phi) is 8.41. The quantitative estimate of drug-likeness (QED) is 0.329. The number of alkyl halides is 6. The van der Waals surface area contributed by atoms with Gasteiger partial charge in [-0.25, -0.2) is 0 Å². The van der Waals surface area contributed by atoms with Crippen LogP contribution in [0.1, 0.15) is 34.6 Å². The fourth-order valence-electron chi connectivity index (χ4n) is 1.91. The number of rotatable bonds is 6. The fourth-order valence-corrected chi connectivity index (χ4v) is 1.91. The zero-order valence-electron chi connectivity index (χ0n) is 15.5. The zero-order valence-corrected chi connectivity index (χ0v) is 15.5. The third-order valence-electron chi connectivity index (χ3n) is 4.10. The van der Waals surface area contributed by atoms with Gasteiger partial charge in [-0.3, -0.25) is 0 Å². The summed E-state index contributed by atoms with van der Waals surface area (Å²) in [6, 6.07) is 0. The Morgan fingerprint density at radius 3 is 1.31 bits per heavy atom. The molecule has 0 saturated heterocycles. The van der Waals surface area contributed by atoms with Gasteiger partial charge in [-0.05, 0) is 56.9 Å². The normalized spacial score (nSPS) is 16.4. The molecule has 0 rings (SSSR count). The summed E-state index contributed by atoms with van der Waals surface area (Å²) < 4.78 is 81.1. The van der Waals surface area contributed by atoms with Crippen LogP contribution in [-0.2, 0) is 0 Å². The highest BCUT2D eigenvalue weighted by atomic mass is 19.4. The zero-order chi connectivity index (χ0) is 20.8. The summed E-state index contributed by atoms with van der Waals surface area (Å²) in [5, 5.41) is 0. The van der Waals surface area contributed by atoms with E-state index in [0.717, 1.165) is 12.2 Å². The van der Waals surface area contributed by atoms with Crippen LogP contribution in [0.25, 0.3) is 0 Å². The van der Waals surface area contributed by atoms with Gasteiger partial charge in [0.05, 0.1) is 0 Å². The maximum Gasteiger partial charge on any atom is 0.410 e. The number of hydrogen-bond donors (Lipinski definition) is 0. The lowest BCUT2D eigenvalue weighted by Gasteiger charge is -2.32. The molecular formula is C20H24F6. The largest absolute Gasteiger partial charge is 0.410 e. The summed E-state index contributed by atoms with van der Waals surface area (Å²) in [5.41, 5.74) is -2.44. The van der Waals surface area contributed by atoms with Crippen LogP contribution < -0.4 is 0 Å². The van der Waals surface area contributed by atoms with Crippen molar-refractivity contribution >= 4 is 0 Å². The molecule has 0 nitrogen and oxygen atoms in total. The number of halogens is 6. The molecule has 0 bridgehead atoms. The van der Waals surface area contributed by atoms with E-state index in [1.807, 2.05) is 0 Å². The van der Waals surface area contributed by atoms with E-state index in [0.29, 0.717) is 16.7 Å². The van der Waals surface area contributed by atoms with Gasteiger partial charge in [-0.2, -0.15) is 26.3 Å². The molecule has 0 aliphatic heterocycles. The van der Waals surface area contributed by atoms with E-state index < -0.39 is 17.8 Å². The van der Waals surface area contributed by atoms with Crippen molar-refractivity contribution in [1.29, 1.82) is 0 Å². The van der Waals surface area contributed by atoms with E-state index >= 15 is 0 Å². The van der Waals surface area contributed by atoms with Crippen LogP contribution in [0.15, 0.2) is 71.4 Å². The maximum absolute atomic E-state index is 13.5. The second-order valence-corrected chi connectivity index (χ2v) is 5.97. The van der Waals surface area contributed by atoms with Crippen molar-refractivity contribution in [2.24, 2.45) is 5.41 Å². The fraction of sp³-hybridized carbons (Fsp3) is 0.400. The smallest absolute Gasteiger partial charge is 0.169 e. The van der Waals surface area contributed by atoms with Crippen LogP contribution in [-0.4, -0.2) is 12.4 Å². The Hall–Kier alpha value is -1.98. The van der Waals surface area contributed by atoms with Crippen molar-refractivity contribution in [1.82, 2.24) is 0 Å². The molecule has 0 N–H and O–H groups in total. The monoisotopic (exact) mass is 378 g/mol. The molecule has 0 saturated carbocycles. The average Bonchev–Trinajstić information content (AvgIpc) is 2.51. The van der Waals surface area contributed by atoms with Crippen LogP contribution >= 0.6 is 0 Å². The summed E-state index contributed by atoms with van der Waals surface area (Å²) >= 11 is 0.